The quantitative estimate of drug-likeness (QED) is 0.594. The van der Waals surface area contributed by atoms with Crippen molar-refractivity contribution in [2.24, 2.45) is 5.92 Å². The maximum atomic E-state index is 9.10. The second kappa shape index (κ2) is 9.90. The van der Waals surface area contributed by atoms with E-state index in [4.69, 9.17) is 31.4 Å². The van der Waals surface area contributed by atoms with Gasteiger partial charge in [-0.1, -0.05) is 28.1 Å². The Kier molecular flexibility index (Phi) is 8.58. The first-order chi connectivity index (χ1) is 10.8. The summed E-state index contributed by atoms with van der Waals surface area (Å²) in [7, 11) is 0. The molecule has 0 bridgehead atoms. The highest BCUT2D eigenvalue weighted by Gasteiger charge is 2.23. The van der Waals surface area contributed by atoms with Crippen LogP contribution in [0.25, 0.3) is 0 Å². The zero-order chi connectivity index (χ0) is 17.4. The van der Waals surface area contributed by atoms with Crippen molar-refractivity contribution in [3.8, 4) is 0 Å². The molecule has 1 heterocycles. The van der Waals surface area contributed by atoms with Crippen molar-refractivity contribution in [2.75, 3.05) is 13.1 Å². The van der Waals surface area contributed by atoms with E-state index in [1.165, 1.54) is 24.9 Å². The molecule has 5 nitrogen and oxygen atoms in total. The summed E-state index contributed by atoms with van der Waals surface area (Å²) in [4.78, 5) is 20.7. The van der Waals surface area contributed by atoms with Crippen LogP contribution in [0.3, 0.4) is 0 Å². The van der Waals surface area contributed by atoms with Crippen LogP contribution in [0.2, 0.25) is 0 Å². The number of alkyl halides is 1. The number of rotatable bonds is 3. The molecule has 2 unspecified atom stereocenters. The smallest absolute Gasteiger partial charge is 0.414 e. The number of aliphatic carboxylic acids is 2. The van der Waals surface area contributed by atoms with Gasteiger partial charge in [-0.05, 0) is 49.9 Å². The lowest BCUT2D eigenvalue weighted by atomic mass is 9.95. The number of hydrogen-bond donors (Lipinski definition) is 2. The van der Waals surface area contributed by atoms with Crippen molar-refractivity contribution in [3.63, 3.8) is 0 Å². The summed E-state index contributed by atoms with van der Waals surface area (Å²) in [6.45, 7) is 5.51. The van der Waals surface area contributed by atoms with E-state index in [9.17, 15) is 0 Å². The molecule has 0 aliphatic carbocycles. The summed E-state index contributed by atoms with van der Waals surface area (Å²) in [5.41, 5.74) is 1.39. The predicted molar refractivity (Wildman–Crippen MR) is 92.7 cm³/mol. The minimum atomic E-state index is -1.82. The molecule has 1 aromatic rings. The standard InChI is InChI=1S/C14H19BrClN.C2H2O4/c1-11(16)13-3-2-8-17(10-13)9-12-4-6-14(15)7-5-12;3-1(4)2(5)6/h4-7,11,13H,2-3,8-10H2,1H3;(H,3,4)(H,5,6). The first kappa shape index (κ1) is 19.9. The maximum absolute atomic E-state index is 9.10. The van der Waals surface area contributed by atoms with E-state index in [0.717, 1.165) is 17.6 Å². The minimum Gasteiger partial charge on any atom is -0.473 e. The number of nitrogens with zero attached hydrogens (tertiary/aromatic N) is 1. The SMILES string of the molecule is CC(Cl)C1CCCN(Cc2ccc(Br)cc2)C1.O=C(O)C(=O)O. The van der Waals surface area contributed by atoms with Crippen molar-refractivity contribution >= 4 is 39.5 Å². The van der Waals surface area contributed by atoms with Crippen LogP contribution >= 0.6 is 27.5 Å². The number of benzene rings is 1. The topological polar surface area (TPSA) is 77.8 Å². The second-order valence-electron chi connectivity index (χ2n) is 5.55. The zero-order valence-electron chi connectivity index (χ0n) is 12.9. The van der Waals surface area contributed by atoms with E-state index in [1.807, 2.05) is 0 Å². The fraction of sp³-hybridized carbons (Fsp3) is 0.500. The molecule has 1 saturated heterocycles. The number of piperidine rings is 1. The molecule has 1 fully saturated rings. The Morgan fingerprint density at radius 2 is 1.87 bits per heavy atom. The number of halogens is 2. The van der Waals surface area contributed by atoms with E-state index in [-0.39, 0.29) is 0 Å². The number of carboxylic acids is 2. The second-order valence-corrected chi connectivity index (χ2v) is 7.16. The molecule has 0 aromatic heterocycles. The first-order valence-corrected chi connectivity index (χ1v) is 8.59. The van der Waals surface area contributed by atoms with Crippen LogP contribution in [0.1, 0.15) is 25.3 Å². The predicted octanol–water partition coefficient (Wildman–Crippen LogP) is 3.44. The molecule has 0 amide bonds. The van der Waals surface area contributed by atoms with Crippen LogP contribution in [0.15, 0.2) is 28.7 Å². The molecule has 1 aliphatic rings. The maximum Gasteiger partial charge on any atom is 0.414 e. The minimum absolute atomic E-state index is 0.294. The van der Waals surface area contributed by atoms with Crippen LogP contribution in [-0.4, -0.2) is 45.5 Å². The molecule has 1 aromatic carbocycles. The molecule has 0 radical (unpaired) electrons. The fourth-order valence-corrected chi connectivity index (χ4v) is 2.93. The molecule has 0 saturated carbocycles. The van der Waals surface area contributed by atoms with Gasteiger partial charge in [0.25, 0.3) is 0 Å². The Morgan fingerprint density at radius 3 is 2.35 bits per heavy atom. The number of carbonyl (C=O) groups is 2. The van der Waals surface area contributed by atoms with Gasteiger partial charge in [-0.2, -0.15) is 0 Å². The largest absolute Gasteiger partial charge is 0.473 e. The fourth-order valence-electron chi connectivity index (χ4n) is 2.46. The van der Waals surface area contributed by atoms with Crippen molar-refractivity contribution in [1.29, 1.82) is 0 Å². The van der Waals surface area contributed by atoms with E-state index in [2.05, 4.69) is 52.0 Å². The van der Waals surface area contributed by atoms with Crippen LogP contribution in [0.4, 0.5) is 0 Å². The molecule has 2 rings (SSSR count). The molecule has 1 aliphatic heterocycles. The average molecular weight is 407 g/mol. The summed E-state index contributed by atoms with van der Waals surface area (Å²) in [5.74, 6) is -2.99. The Bertz CT molecular complexity index is 509. The normalized spacial score (nSPS) is 19.3. The Morgan fingerprint density at radius 1 is 1.30 bits per heavy atom. The van der Waals surface area contributed by atoms with Gasteiger partial charge in [0, 0.05) is 22.9 Å². The van der Waals surface area contributed by atoms with Crippen molar-refractivity contribution < 1.29 is 19.8 Å². The third-order valence-corrected chi connectivity index (χ3v) is 4.58. The number of likely N-dealkylation sites (tertiary alicyclic amines) is 1. The molecule has 0 spiro atoms. The van der Waals surface area contributed by atoms with Gasteiger partial charge < -0.3 is 10.2 Å². The summed E-state index contributed by atoms with van der Waals surface area (Å²) < 4.78 is 1.15. The highest BCUT2D eigenvalue weighted by Crippen LogP contribution is 2.24. The van der Waals surface area contributed by atoms with Crippen LogP contribution in [0.5, 0.6) is 0 Å². The molecule has 128 valence electrons. The lowest BCUT2D eigenvalue weighted by molar-refractivity contribution is -0.159. The summed E-state index contributed by atoms with van der Waals surface area (Å²) in [5, 5.41) is 15.1. The van der Waals surface area contributed by atoms with Gasteiger partial charge in [-0.15, -0.1) is 11.6 Å². The molecule has 7 heteroatoms. The molecular formula is C16H21BrClNO4. The van der Waals surface area contributed by atoms with Crippen molar-refractivity contribution in [2.45, 2.75) is 31.7 Å². The highest BCUT2D eigenvalue weighted by atomic mass is 79.9. The van der Waals surface area contributed by atoms with E-state index >= 15 is 0 Å². The van der Waals surface area contributed by atoms with Crippen molar-refractivity contribution in [3.05, 3.63) is 34.3 Å². The van der Waals surface area contributed by atoms with E-state index < -0.39 is 11.9 Å². The summed E-state index contributed by atoms with van der Waals surface area (Å²) >= 11 is 9.68. The number of hydrogen-bond acceptors (Lipinski definition) is 3. The lowest BCUT2D eigenvalue weighted by Crippen LogP contribution is -2.37. The molecule has 23 heavy (non-hydrogen) atoms. The highest BCUT2D eigenvalue weighted by molar-refractivity contribution is 9.10. The van der Waals surface area contributed by atoms with Gasteiger partial charge in [0.2, 0.25) is 0 Å². The van der Waals surface area contributed by atoms with Gasteiger partial charge in [-0.25, -0.2) is 9.59 Å². The first-order valence-electron chi connectivity index (χ1n) is 7.36. The molecular weight excluding hydrogens is 386 g/mol. The third kappa shape index (κ3) is 7.81. The van der Waals surface area contributed by atoms with E-state index in [0.29, 0.717) is 11.3 Å². The zero-order valence-corrected chi connectivity index (χ0v) is 15.3. The Hall–Kier alpha value is -1.11. The van der Waals surface area contributed by atoms with Gasteiger partial charge in [0.1, 0.15) is 0 Å². The summed E-state index contributed by atoms with van der Waals surface area (Å²) in [6, 6.07) is 8.61. The molecule has 2 N–H and O–H groups in total. The van der Waals surface area contributed by atoms with Gasteiger partial charge in [0.05, 0.1) is 0 Å². The molecule has 2 atom stereocenters. The average Bonchev–Trinajstić information content (AvgIpc) is 2.50. The summed E-state index contributed by atoms with van der Waals surface area (Å²) in [6.07, 6.45) is 2.56. The Balaban J connectivity index is 0.000000379. The van der Waals surface area contributed by atoms with Crippen LogP contribution < -0.4 is 0 Å². The lowest BCUT2D eigenvalue weighted by Gasteiger charge is -2.34. The van der Waals surface area contributed by atoms with Gasteiger partial charge >= 0.3 is 11.9 Å². The monoisotopic (exact) mass is 405 g/mol. The van der Waals surface area contributed by atoms with Crippen LogP contribution in [0, 0.1) is 5.92 Å². The van der Waals surface area contributed by atoms with Gasteiger partial charge in [0.15, 0.2) is 0 Å². The third-order valence-electron chi connectivity index (χ3n) is 3.69. The van der Waals surface area contributed by atoms with Gasteiger partial charge in [-0.3, -0.25) is 4.90 Å². The van der Waals surface area contributed by atoms with E-state index in [1.54, 1.807) is 0 Å². The Labute approximate surface area is 149 Å². The van der Waals surface area contributed by atoms with Crippen molar-refractivity contribution in [1.82, 2.24) is 4.90 Å². The van der Waals surface area contributed by atoms with Crippen LogP contribution in [-0.2, 0) is 16.1 Å². The number of carboxylic acid groups (broad SMARTS) is 2.